The Kier molecular flexibility index (Phi) is 7.50. The lowest BCUT2D eigenvalue weighted by atomic mass is 9.97. The smallest absolute Gasteiger partial charge is 0.103 e. The van der Waals surface area contributed by atoms with E-state index in [-0.39, 0.29) is 5.54 Å². The van der Waals surface area contributed by atoms with Crippen molar-refractivity contribution in [1.29, 1.82) is 5.26 Å². The Bertz CT molecular complexity index is 302. The van der Waals surface area contributed by atoms with Gasteiger partial charge in [0, 0.05) is 32.7 Å². The van der Waals surface area contributed by atoms with Crippen molar-refractivity contribution in [2.45, 2.75) is 46.1 Å². The number of hydrogen-bond donors (Lipinski definition) is 1. The average Bonchev–Trinajstić information content (AvgIpc) is 2.40. The quantitative estimate of drug-likeness (QED) is 0.738. The topological polar surface area (TPSA) is 42.3 Å². The fourth-order valence-electron chi connectivity index (χ4n) is 2.94. The van der Waals surface area contributed by atoms with Gasteiger partial charge in [0.25, 0.3) is 0 Å². The molecule has 1 fully saturated rings. The Morgan fingerprint density at radius 1 is 1.20 bits per heavy atom. The molecule has 0 spiro atoms. The first-order valence-electron chi connectivity index (χ1n) is 8.10. The standard InChI is InChI=1S/C16H32N4/c1-5-18-16(4,14-17)7-6-8-19-9-11-20(12-10-19)13-15(2)3/h15,18H,5-13H2,1-4H3. The van der Waals surface area contributed by atoms with Crippen molar-refractivity contribution < 1.29 is 0 Å². The van der Waals surface area contributed by atoms with Crippen molar-refractivity contribution in [1.82, 2.24) is 15.1 Å². The highest BCUT2D eigenvalue weighted by Crippen LogP contribution is 2.13. The predicted octanol–water partition coefficient (Wildman–Crippen LogP) is 1.93. The number of nitrogens with one attached hydrogen (secondary N) is 1. The number of piperazine rings is 1. The van der Waals surface area contributed by atoms with E-state index in [1.54, 1.807) is 0 Å². The second-order valence-corrected chi connectivity index (χ2v) is 6.61. The van der Waals surface area contributed by atoms with Gasteiger partial charge in [0.1, 0.15) is 5.54 Å². The van der Waals surface area contributed by atoms with Gasteiger partial charge in [-0.05, 0) is 38.8 Å². The predicted molar refractivity (Wildman–Crippen MR) is 84.6 cm³/mol. The van der Waals surface area contributed by atoms with Gasteiger partial charge in [-0.2, -0.15) is 5.26 Å². The molecule has 1 N–H and O–H groups in total. The third-order valence-electron chi connectivity index (χ3n) is 4.05. The third-order valence-corrected chi connectivity index (χ3v) is 4.05. The minimum Gasteiger partial charge on any atom is -0.301 e. The summed E-state index contributed by atoms with van der Waals surface area (Å²) >= 11 is 0. The summed E-state index contributed by atoms with van der Waals surface area (Å²) in [5, 5.41) is 12.5. The Hall–Kier alpha value is -0.630. The molecule has 1 rings (SSSR count). The van der Waals surface area contributed by atoms with Gasteiger partial charge in [0.05, 0.1) is 6.07 Å². The number of nitrogens with zero attached hydrogens (tertiary/aromatic N) is 3. The zero-order valence-electron chi connectivity index (χ0n) is 13.8. The summed E-state index contributed by atoms with van der Waals surface area (Å²) < 4.78 is 0. The maximum Gasteiger partial charge on any atom is 0.103 e. The first-order valence-corrected chi connectivity index (χ1v) is 8.10. The minimum atomic E-state index is -0.353. The van der Waals surface area contributed by atoms with Crippen LogP contribution in [0.4, 0.5) is 0 Å². The summed E-state index contributed by atoms with van der Waals surface area (Å²) in [6.07, 6.45) is 2.03. The Morgan fingerprint density at radius 3 is 2.30 bits per heavy atom. The molecule has 1 atom stereocenters. The largest absolute Gasteiger partial charge is 0.301 e. The van der Waals surface area contributed by atoms with E-state index in [0.29, 0.717) is 0 Å². The number of hydrogen-bond acceptors (Lipinski definition) is 4. The lowest BCUT2D eigenvalue weighted by molar-refractivity contribution is 0.119. The molecule has 20 heavy (non-hydrogen) atoms. The summed E-state index contributed by atoms with van der Waals surface area (Å²) in [6, 6.07) is 2.41. The van der Waals surface area contributed by atoms with Gasteiger partial charge < -0.3 is 9.80 Å². The van der Waals surface area contributed by atoms with Crippen LogP contribution in [0.2, 0.25) is 0 Å². The molecule has 0 saturated carbocycles. The zero-order valence-corrected chi connectivity index (χ0v) is 13.8. The van der Waals surface area contributed by atoms with Gasteiger partial charge in [-0.1, -0.05) is 20.8 Å². The molecule has 1 saturated heterocycles. The van der Waals surface area contributed by atoms with Gasteiger partial charge in [-0.25, -0.2) is 0 Å². The lowest BCUT2D eigenvalue weighted by Crippen LogP contribution is -2.48. The highest BCUT2D eigenvalue weighted by molar-refractivity contribution is 5.03. The van der Waals surface area contributed by atoms with E-state index in [2.05, 4.69) is 42.0 Å². The van der Waals surface area contributed by atoms with E-state index in [0.717, 1.165) is 31.8 Å². The SMILES string of the molecule is CCNC(C)(C#N)CCCN1CCN(CC(C)C)CC1. The van der Waals surface area contributed by atoms with E-state index in [1.165, 1.54) is 32.7 Å². The molecule has 4 nitrogen and oxygen atoms in total. The molecule has 116 valence electrons. The molecule has 4 heteroatoms. The van der Waals surface area contributed by atoms with Crippen molar-refractivity contribution in [3.05, 3.63) is 0 Å². The zero-order chi connectivity index (χ0) is 15.0. The van der Waals surface area contributed by atoms with Gasteiger partial charge in [0.2, 0.25) is 0 Å². The van der Waals surface area contributed by atoms with Gasteiger partial charge in [-0.3, -0.25) is 5.32 Å². The van der Waals surface area contributed by atoms with Crippen LogP contribution in [0.15, 0.2) is 0 Å². The molecule has 0 bridgehead atoms. The molecule has 0 aromatic heterocycles. The summed E-state index contributed by atoms with van der Waals surface area (Å²) in [6.45, 7) is 16.6. The van der Waals surface area contributed by atoms with Crippen LogP contribution in [0, 0.1) is 17.2 Å². The number of rotatable bonds is 8. The van der Waals surface area contributed by atoms with Crippen LogP contribution in [0.25, 0.3) is 0 Å². The second kappa shape index (κ2) is 8.61. The van der Waals surface area contributed by atoms with Crippen LogP contribution in [-0.2, 0) is 0 Å². The second-order valence-electron chi connectivity index (χ2n) is 6.61. The fraction of sp³-hybridized carbons (Fsp3) is 0.938. The fourth-order valence-corrected chi connectivity index (χ4v) is 2.94. The molecular formula is C16H32N4. The van der Waals surface area contributed by atoms with Crippen LogP contribution < -0.4 is 5.32 Å². The highest BCUT2D eigenvalue weighted by atomic mass is 15.3. The third kappa shape index (κ3) is 6.21. The molecule has 0 aromatic carbocycles. The van der Waals surface area contributed by atoms with Crippen molar-refractivity contribution in [3.8, 4) is 6.07 Å². The van der Waals surface area contributed by atoms with Crippen LogP contribution >= 0.6 is 0 Å². The van der Waals surface area contributed by atoms with Crippen molar-refractivity contribution in [2.24, 2.45) is 5.92 Å². The molecule has 0 radical (unpaired) electrons. The number of nitriles is 1. The van der Waals surface area contributed by atoms with Crippen LogP contribution in [0.3, 0.4) is 0 Å². The van der Waals surface area contributed by atoms with E-state index >= 15 is 0 Å². The monoisotopic (exact) mass is 280 g/mol. The molecular weight excluding hydrogens is 248 g/mol. The minimum absolute atomic E-state index is 0.353. The Morgan fingerprint density at radius 2 is 1.80 bits per heavy atom. The molecule has 1 aliphatic heterocycles. The maximum absolute atomic E-state index is 9.24. The molecule has 0 aliphatic carbocycles. The molecule has 0 amide bonds. The van der Waals surface area contributed by atoms with E-state index in [9.17, 15) is 5.26 Å². The highest BCUT2D eigenvalue weighted by Gasteiger charge is 2.23. The van der Waals surface area contributed by atoms with Crippen LogP contribution in [0.1, 0.15) is 40.5 Å². The van der Waals surface area contributed by atoms with Crippen molar-refractivity contribution >= 4 is 0 Å². The first kappa shape index (κ1) is 17.4. The molecule has 1 aliphatic rings. The van der Waals surface area contributed by atoms with E-state index < -0.39 is 0 Å². The van der Waals surface area contributed by atoms with Crippen LogP contribution in [-0.4, -0.2) is 61.2 Å². The van der Waals surface area contributed by atoms with E-state index in [4.69, 9.17) is 0 Å². The van der Waals surface area contributed by atoms with Gasteiger partial charge in [-0.15, -0.1) is 0 Å². The lowest BCUT2D eigenvalue weighted by Gasteiger charge is -2.36. The summed E-state index contributed by atoms with van der Waals surface area (Å²) in [7, 11) is 0. The van der Waals surface area contributed by atoms with Crippen molar-refractivity contribution in [2.75, 3.05) is 45.8 Å². The summed E-state index contributed by atoms with van der Waals surface area (Å²) in [4.78, 5) is 5.11. The van der Waals surface area contributed by atoms with E-state index in [1.807, 2.05) is 6.92 Å². The maximum atomic E-state index is 9.24. The van der Waals surface area contributed by atoms with Crippen molar-refractivity contribution in [3.63, 3.8) is 0 Å². The normalized spacial score (nSPS) is 20.8. The summed E-state index contributed by atoms with van der Waals surface area (Å²) in [5.41, 5.74) is -0.353. The summed E-state index contributed by atoms with van der Waals surface area (Å²) in [5.74, 6) is 0.762. The molecule has 1 heterocycles. The van der Waals surface area contributed by atoms with Crippen LogP contribution in [0.5, 0.6) is 0 Å². The average molecular weight is 280 g/mol. The van der Waals surface area contributed by atoms with Gasteiger partial charge in [0.15, 0.2) is 0 Å². The molecule has 0 aromatic rings. The molecule has 1 unspecified atom stereocenters. The Balaban J connectivity index is 2.20. The first-order chi connectivity index (χ1) is 9.49. The Labute approximate surface area is 125 Å². The van der Waals surface area contributed by atoms with Gasteiger partial charge >= 0.3 is 0 Å².